The third-order valence-corrected chi connectivity index (χ3v) is 2.97. The van der Waals surface area contributed by atoms with Gasteiger partial charge in [-0.05, 0) is 29.8 Å². The highest BCUT2D eigenvalue weighted by Gasteiger charge is 2.06. The molecule has 0 unspecified atom stereocenters. The first-order valence-electron chi connectivity index (χ1n) is 6.17. The molecule has 1 aromatic heterocycles. The Kier molecular flexibility index (Phi) is 3.09. The Labute approximate surface area is 114 Å². The molecule has 2 aromatic carbocycles. The minimum atomic E-state index is -0.481. The molecule has 0 aliphatic carbocycles. The topological polar surface area (TPSA) is 75.1 Å². The number of nitrogens with one attached hydrogen (secondary N) is 2. The molecule has 5 nitrogen and oxygen atoms in total. The van der Waals surface area contributed by atoms with Gasteiger partial charge >= 0.3 is 5.76 Å². The van der Waals surface area contributed by atoms with Crippen LogP contribution in [0.3, 0.4) is 0 Å². The van der Waals surface area contributed by atoms with Gasteiger partial charge in [0.25, 0.3) is 5.91 Å². The van der Waals surface area contributed by atoms with Crippen molar-refractivity contribution >= 4 is 17.0 Å². The highest BCUT2D eigenvalue weighted by molar-refractivity contribution is 5.94. The fourth-order valence-electron chi connectivity index (χ4n) is 1.97. The zero-order chi connectivity index (χ0) is 13.9. The number of amides is 1. The summed E-state index contributed by atoms with van der Waals surface area (Å²) in [6.07, 6.45) is 0. The first-order chi connectivity index (χ1) is 9.72. The number of rotatable bonds is 3. The zero-order valence-electron chi connectivity index (χ0n) is 10.6. The normalized spacial score (nSPS) is 10.6. The van der Waals surface area contributed by atoms with Crippen molar-refractivity contribution in [3.8, 4) is 0 Å². The lowest BCUT2D eigenvalue weighted by atomic mass is 10.2. The van der Waals surface area contributed by atoms with Gasteiger partial charge in [-0.25, -0.2) is 4.79 Å². The minimum Gasteiger partial charge on any atom is -0.408 e. The van der Waals surface area contributed by atoms with E-state index < -0.39 is 5.76 Å². The number of oxazole rings is 1. The lowest BCUT2D eigenvalue weighted by molar-refractivity contribution is 0.0951. The molecule has 1 amide bonds. The molecule has 1 heterocycles. The number of hydrogen-bond acceptors (Lipinski definition) is 3. The van der Waals surface area contributed by atoms with Gasteiger partial charge in [-0.1, -0.05) is 24.3 Å². The van der Waals surface area contributed by atoms with Crippen molar-refractivity contribution in [3.05, 3.63) is 70.2 Å². The Morgan fingerprint density at radius 2 is 1.95 bits per heavy atom. The standard InChI is InChI=1S/C15H12N2O3/c18-14(11-4-2-1-3-5-11)16-9-10-6-7-12-13(8-10)20-15(19)17-12/h1-8H,9H2,(H,16,18)(H,17,19). The maximum absolute atomic E-state index is 11.9. The average Bonchev–Trinajstić information content (AvgIpc) is 2.85. The molecule has 100 valence electrons. The maximum atomic E-state index is 11.9. The maximum Gasteiger partial charge on any atom is 0.417 e. The largest absolute Gasteiger partial charge is 0.417 e. The third-order valence-electron chi connectivity index (χ3n) is 2.97. The predicted octanol–water partition coefficient (Wildman–Crippen LogP) is 2.05. The molecule has 0 bridgehead atoms. The molecule has 0 saturated carbocycles. The van der Waals surface area contributed by atoms with Crippen LogP contribution in [0.5, 0.6) is 0 Å². The van der Waals surface area contributed by atoms with Gasteiger partial charge < -0.3 is 9.73 Å². The second-order valence-electron chi connectivity index (χ2n) is 4.39. The summed E-state index contributed by atoms with van der Waals surface area (Å²) in [5, 5.41) is 2.82. The van der Waals surface area contributed by atoms with E-state index in [1.54, 1.807) is 24.3 Å². The second-order valence-corrected chi connectivity index (χ2v) is 4.39. The quantitative estimate of drug-likeness (QED) is 0.763. The van der Waals surface area contributed by atoms with Crippen LogP contribution in [0, 0.1) is 0 Å². The molecule has 0 radical (unpaired) electrons. The summed E-state index contributed by atoms with van der Waals surface area (Å²) in [6.45, 7) is 0.374. The van der Waals surface area contributed by atoms with E-state index in [4.69, 9.17) is 4.42 Å². The molecular formula is C15H12N2O3. The molecule has 0 saturated heterocycles. The summed E-state index contributed by atoms with van der Waals surface area (Å²) >= 11 is 0. The molecule has 5 heteroatoms. The van der Waals surface area contributed by atoms with Crippen LogP contribution in [0.25, 0.3) is 11.1 Å². The number of hydrogen-bond donors (Lipinski definition) is 2. The van der Waals surface area contributed by atoms with Crippen LogP contribution in [0.15, 0.2) is 57.7 Å². The van der Waals surface area contributed by atoms with Crippen molar-refractivity contribution in [1.29, 1.82) is 0 Å². The molecule has 0 spiro atoms. The van der Waals surface area contributed by atoms with Crippen molar-refractivity contribution in [1.82, 2.24) is 10.3 Å². The van der Waals surface area contributed by atoms with E-state index in [0.717, 1.165) is 5.56 Å². The molecule has 0 aliphatic rings. The van der Waals surface area contributed by atoms with Crippen LogP contribution in [0.4, 0.5) is 0 Å². The van der Waals surface area contributed by atoms with Gasteiger partial charge in [0.1, 0.15) is 0 Å². The highest BCUT2D eigenvalue weighted by Crippen LogP contribution is 2.12. The number of aromatic amines is 1. The van der Waals surface area contributed by atoms with E-state index in [0.29, 0.717) is 23.2 Å². The molecule has 20 heavy (non-hydrogen) atoms. The lowest BCUT2D eigenvalue weighted by Crippen LogP contribution is -2.22. The molecule has 3 rings (SSSR count). The summed E-state index contributed by atoms with van der Waals surface area (Å²) in [5.74, 6) is -0.619. The van der Waals surface area contributed by atoms with Crippen molar-refractivity contribution in [2.24, 2.45) is 0 Å². The van der Waals surface area contributed by atoms with Gasteiger partial charge in [-0.15, -0.1) is 0 Å². The highest BCUT2D eigenvalue weighted by atomic mass is 16.4. The van der Waals surface area contributed by atoms with E-state index in [1.807, 2.05) is 24.3 Å². The van der Waals surface area contributed by atoms with E-state index in [-0.39, 0.29) is 5.91 Å². The summed E-state index contributed by atoms with van der Waals surface area (Å²) in [7, 11) is 0. The first kappa shape index (κ1) is 12.2. The zero-order valence-corrected chi connectivity index (χ0v) is 10.6. The van der Waals surface area contributed by atoms with E-state index in [1.165, 1.54) is 0 Å². The number of H-pyrrole nitrogens is 1. The lowest BCUT2D eigenvalue weighted by Gasteiger charge is -2.05. The first-order valence-corrected chi connectivity index (χ1v) is 6.17. The second kappa shape index (κ2) is 5.05. The summed E-state index contributed by atoms with van der Waals surface area (Å²) in [6, 6.07) is 14.3. The monoisotopic (exact) mass is 268 g/mol. The molecule has 0 aliphatic heterocycles. The summed E-state index contributed by atoms with van der Waals surface area (Å²) in [4.78, 5) is 25.5. The van der Waals surface area contributed by atoms with Gasteiger partial charge in [0.05, 0.1) is 5.52 Å². The van der Waals surface area contributed by atoms with Gasteiger partial charge in [-0.2, -0.15) is 0 Å². The Morgan fingerprint density at radius 3 is 2.75 bits per heavy atom. The van der Waals surface area contributed by atoms with Crippen molar-refractivity contribution in [2.75, 3.05) is 0 Å². The molecular weight excluding hydrogens is 256 g/mol. The fourth-order valence-corrected chi connectivity index (χ4v) is 1.97. The molecule has 0 atom stereocenters. The van der Waals surface area contributed by atoms with E-state index >= 15 is 0 Å². The van der Waals surface area contributed by atoms with Crippen LogP contribution in [0.2, 0.25) is 0 Å². The molecule has 0 fully saturated rings. The Bertz CT molecular complexity index is 803. The number of fused-ring (bicyclic) bond motifs is 1. The number of carbonyl (C=O) groups is 1. The third kappa shape index (κ3) is 2.47. The van der Waals surface area contributed by atoms with Crippen molar-refractivity contribution in [2.45, 2.75) is 6.54 Å². The van der Waals surface area contributed by atoms with Gasteiger partial charge in [0, 0.05) is 12.1 Å². The SMILES string of the molecule is O=C(NCc1ccc2[nH]c(=O)oc2c1)c1ccccc1. The van der Waals surface area contributed by atoms with Gasteiger partial charge in [-0.3, -0.25) is 9.78 Å². The van der Waals surface area contributed by atoms with Crippen LogP contribution < -0.4 is 11.1 Å². The van der Waals surface area contributed by atoms with E-state index in [2.05, 4.69) is 10.3 Å². The molecule has 3 aromatic rings. The number of carbonyl (C=O) groups excluding carboxylic acids is 1. The summed E-state index contributed by atoms with van der Waals surface area (Å²) < 4.78 is 4.98. The number of aromatic nitrogens is 1. The van der Waals surface area contributed by atoms with Gasteiger partial charge in [0.15, 0.2) is 5.58 Å². The average molecular weight is 268 g/mol. The Hall–Kier alpha value is -2.82. The Morgan fingerprint density at radius 1 is 1.15 bits per heavy atom. The van der Waals surface area contributed by atoms with Crippen LogP contribution in [0.1, 0.15) is 15.9 Å². The van der Waals surface area contributed by atoms with Crippen molar-refractivity contribution in [3.63, 3.8) is 0 Å². The summed E-state index contributed by atoms with van der Waals surface area (Å²) in [5.41, 5.74) is 2.61. The predicted molar refractivity (Wildman–Crippen MR) is 74.4 cm³/mol. The van der Waals surface area contributed by atoms with Crippen LogP contribution in [-0.4, -0.2) is 10.9 Å². The van der Waals surface area contributed by atoms with E-state index in [9.17, 15) is 9.59 Å². The Balaban J connectivity index is 1.73. The van der Waals surface area contributed by atoms with Gasteiger partial charge in [0.2, 0.25) is 0 Å². The molecule has 2 N–H and O–H groups in total. The van der Waals surface area contributed by atoms with Crippen LogP contribution in [-0.2, 0) is 6.54 Å². The smallest absolute Gasteiger partial charge is 0.408 e. The van der Waals surface area contributed by atoms with Crippen LogP contribution >= 0.6 is 0 Å². The minimum absolute atomic E-state index is 0.138. The van der Waals surface area contributed by atoms with Crippen molar-refractivity contribution < 1.29 is 9.21 Å². The number of benzene rings is 2. The fraction of sp³-hybridized carbons (Fsp3) is 0.0667.